The molecule has 9 nitrogen and oxygen atoms in total. The number of amides is 1. The fourth-order valence-electron chi connectivity index (χ4n) is 2.67. The highest BCUT2D eigenvalue weighted by Gasteiger charge is 2.24. The van der Waals surface area contributed by atoms with E-state index in [0.29, 0.717) is 31.6 Å². The Bertz CT molecular complexity index is 518. The summed E-state index contributed by atoms with van der Waals surface area (Å²) in [7, 11) is 0. The molecule has 0 aliphatic carbocycles. The van der Waals surface area contributed by atoms with Crippen molar-refractivity contribution in [1.82, 2.24) is 5.32 Å². The zero-order valence-electron chi connectivity index (χ0n) is 16.0. The van der Waals surface area contributed by atoms with Gasteiger partial charge in [0, 0.05) is 37.8 Å². The van der Waals surface area contributed by atoms with E-state index in [-0.39, 0.29) is 43.8 Å². The average Bonchev–Trinajstić information content (AvgIpc) is 2.62. The molecule has 0 bridgehead atoms. The molecule has 10 heteroatoms. The Morgan fingerprint density at radius 3 is 2.50 bits per heavy atom. The number of carbonyl (C=O) groups excluding carboxylic acids is 3. The fraction of sp³-hybridized carbons (Fsp3) is 0.722. The molecule has 0 aromatic heterocycles. The lowest BCUT2D eigenvalue weighted by Gasteiger charge is -2.21. The molecular weight excluding hydrogens is 386 g/mol. The van der Waals surface area contributed by atoms with Gasteiger partial charge in [0.1, 0.15) is 5.78 Å². The smallest absolute Gasteiger partial charge is 0.305 e. The van der Waals surface area contributed by atoms with Gasteiger partial charge >= 0.3 is 5.97 Å². The van der Waals surface area contributed by atoms with Crippen LogP contribution in [0.15, 0.2) is 4.99 Å². The standard InChI is InChI=1S/C18H31N3O6S/c1-20-8-3-2-4-14(11-17(24)25)21-18(26)13(7-9-28)10-15(23)5-6-16(19)27-12-22/h12-14,16,28H,1-11,19H2,(H,21,26)(H,24,25). The van der Waals surface area contributed by atoms with Crippen LogP contribution < -0.4 is 11.1 Å². The third kappa shape index (κ3) is 13.3. The topological polar surface area (TPSA) is 148 Å². The van der Waals surface area contributed by atoms with Gasteiger partial charge in [0.2, 0.25) is 5.91 Å². The summed E-state index contributed by atoms with van der Waals surface area (Å²) in [5.41, 5.74) is 5.50. The molecule has 3 atom stereocenters. The molecule has 0 radical (unpaired) electrons. The van der Waals surface area contributed by atoms with Crippen LogP contribution in [-0.4, -0.2) is 60.5 Å². The van der Waals surface area contributed by atoms with E-state index < -0.39 is 24.2 Å². The molecule has 0 aromatic rings. The monoisotopic (exact) mass is 417 g/mol. The number of carbonyl (C=O) groups is 4. The van der Waals surface area contributed by atoms with Crippen LogP contribution in [0.1, 0.15) is 51.4 Å². The van der Waals surface area contributed by atoms with Gasteiger partial charge in [-0.05, 0) is 38.2 Å². The summed E-state index contributed by atoms with van der Waals surface area (Å²) in [5.74, 6) is -1.73. The predicted octanol–water partition coefficient (Wildman–Crippen LogP) is 0.950. The Morgan fingerprint density at radius 1 is 1.21 bits per heavy atom. The summed E-state index contributed by atoms with van der Waals surface area (Å²) in [6, 6.07) is -0.512. The minimum atomic E-state index is -1.00. The predicted molar refractivity (Wildman–Crippen MR) is 108 cm³/mol. The maximum atomic E-state index is 12.6. The van der Waals surface area contributed by atoms with Crippen LogP contribution in [0, 0.1) is 5.92 Å². The van der Waals surface area contributed by atoms with Crippen LogP contribution in [-0.2, 0) is 23.9 Å². The first-order valence-corrected chi connectivity index (χ1v) is 9.89. The van der Waals surface area contributed by atoms with Crippen LogP contribution in [0.3, 0.4) is 0 Å². The second-order valence-corrected chi connectivity index (χ2v) is 6.96. The van der Waals surface area contributed by atoms with Gasteiger partial charge in [-0.25, -0.2) is 0 Å². The molecular formula is C18H31N3O6S. The first-order chi connectivity index (χ1) is 13.3. The van der Waals surface area contributed by atoms with Gasteiger partial charge in [-0.2, -0.15) is 12.6 Å². The van der Waals surface area contributed by atoms with Crippen LogP contribution in [0.4, 0.5) is 0 Å². The van der Waals surface area contributed by atoms with Crippen LogP contribution in [0.2, 0.25) is 0 Å². The van der Waals surface area contributed by atoms with Crippen molar-refractivity contribution in [1.29, 1.82) is 0 Å². The number of ketones is 1. The molecule has 0 heterocycles. The van der Waals surface area contributed by atoms with Gasteiger partial charge in [0.25, 0.3) is 6.47 Å². The number of nitrogens with zero attached hydrogens (tertiary/aromatic N) is 1. The summed E-state index contributed by atoms with van der Waals surface area (Å²) >= 11 is 4.13. The summed E-state index contributed by atoms with van der Waals surface area (Å²) < 4.78 is 4.52. The third-order valence-electron chi connectivity index (χ3n) is 4.15. The lowest BCUT2D eigenvalue weighted by atomic mass is 9.95. The number of thiol groups is 1. The molecule has 0 aromatic carbocycles. The van der Waals surface area contributed by atoms with Crippen LogP contribution in [0.5, 0.6) is 0 Å². The Morgan fingerprint density at radius 2 is 1.93 bits per heavy atom. The Labute approximate surface area is 170 Å². The molecule has 0 saturated heterocycles. The number of carboxylic acids is 1. The van der Waals surface area contributed by atoms with Crippen LogP contribution in [0.25, 0.3) is 0 Å². The van der Waals surface area contributed by atoms with Gasteiger partial charge in [-0.3, -0.25) is 24.9 Å². The number of ether oxygens (including phenoxy) is 1. The van der Waals surface area contributed by atoms with E-state index in [1.165, 1.54) is 0 Å². The molecule has 160 valence electrons. The zero-order chi connectivity index (χ0) is 21.4. The highest BCUT2D eigenvalue weighted by atomic mass is 32.1. The van der Waals surface area contributed by atoms with Gasteiger partial charge in [0.15, 0.2) is 6.23 Å². The van der Waals surface area contributed by atoms with Crippen molar-refractivity contribution >= 4 is 43.5 Å². The Balaban J connectivity index is 4.70. The number of rotatable bonds is 18. The molecule has 0 fully saturated rings. The molecule has 0 saturated carbocycles. The van der Waals surface area contributed by atoms with Crippen molar-refractivity contribution in [3.63, 3.8) is 0 Å². The second-order valence-electron chi connectivity index (χ2n) is 6.51. The second kappa shape index (κ2) is 16.1. The van der Waals surface area contributed by atoms with Gasteiger partial charge in [-0.1, -0.05) is 0 Å². The summed E-state index contributed by atoms with van der Waals surface area (Å²) in [6.07, 6.45) is 1.57. The maximum Gasteiger partial charge on any atom is 0.305 e. The van der Waals surface area contributed by atoms with Crippen LogP contribution >= 0.6 is 12.6 Å². The van der Waals surface area contributed by atoms with Crippen molar-refractivity contribution < 1.29 is 29.0 Å². The maximum absolute atomic E-state index is 12.6. The van der Waals surface area contributed by atoms with E-state index >= 15 is 0 Å². The van der Waals surface area contributed by atoms with E-state index in [1.54, 1.807) is 0 Å². The quantitative estimate of drug-likeness (QED) is 0.0853. The molecule has 0 spiro atoms. The van der Waals surface area contributed by atoms with E-state index in [2.05, 4.69) is 34.4 Å². The number of hydrogen-bond donors (Lipinski definition) is 4. The van der Waals surface area contributed by atoms with E-state index in [9.17, 15) is 19.2 Å². The lowest BCUT2D eigenvalue weighted by Crippen LogP contribution is -2.41. The summed E-state index contributed by atoms with van der Waals surface area (Å²) in [5, 5.41) is 11.8. The third-order valence-corrected chi connectivity index (χ3v) is 4.40. The highest BCUT2D eigenvalue weighted by molar-refractivity contribution is 7.80. The van der Waals surface area contributed by atoms with Crippen molar-refractivity contribution in [2.75, 3.05) is 12.3 Å². The minimum absolute atomic E-state index is 0.000375. The van der Waals surface area contributed by atoms with Crippen molar-refractivity contribution in [2.45, 2.75) is 63.6 Å². The summed E-state index contributed by atoms with van der Waals surface area (Å²) in [6.45, 7) is 4.20. The first-order valence-electron chi connectivity index (χ1n) is 9.25. The first kappa shape index (κ1) is 26.1. The molecule has 28 heavy (non-hydrogen) atoms. The zero-order valence-corrected chi connectivity index (χ0v) is 16.9. The molecule has 0 rings (SSSR count). The molecule has 3 unspecified atom stereocenters. The highest BCUT2D eigenvalue weighted by Crippen LogP contribution is 2.15. The minimum Gasteiger partial charge on any atom is -0.481 e. The molecule has 0 aliphatic heterocycles. The Kier molecular flexibility index (Phi) is 14.9. The number of carboxylic acid groups (broad SMARTS) is 1. The number of nitrogens with two attached hydrogens (primary N) is 1. The van der Waals surface area contributed by atoms with E-state index in [0.717, 1.165) is 6.42 Å². The van der Waals surface area contributed by atoms with Gasteiger partial charge in [-0.15, -0.1) is 0 Å². The number of unbranched alkanes of at least 4 members (excludes halogenated alkanes) is 1. The van der Waals surface area contributed by atoms with Crippen molar-refractivity contribution in [2.24, 2.45) is 16.6 Å². The van der Waals surface area contributed by atoms with Gasteiger partial charge < -0.3 is 20.2 Å². The molecule has 1 amide bonds. The van der Waals surface area contributed by atoms with Gasteiger partial charge in [0.05, 0.1) is 6.42 Å². The van der Waals surface area contributed by atoms with Crippen molar-refractivity contribution in [3.8, 4) is 0 Å². The largest absolute Gasteiger partial charge is 0.481 e. The van der Waals surface area contributed by atoms with Crippen molar-refractivity contribution in [3.05, 3.63) is 0 Å². The molecule has 4 N–H and O–H groups in total. The number of aliphatic imine (C=N–C) groups is 1. The number of hydrogen-bond acceptors (Lipinski definition) is 8. The average molecular weight is 418 g/mol. The fourth-order valence-corrected chi connectivity index (χ4v) is 2.98. The summed E-state index contributed by atoms with van der Waals surface area (Å²) in [4.78, 5) is 49.7. The Hall–Kier alpha value is -1.94. The number of Topliss-reactive ketones (excluding diaryl/α,β-unsaturated/α-hetero) is 1. The van der Waals surface area contributed by atoms with E-state index in [4.69, 9.17) is 10.8 Å². The molecule has 0 aliphatic rings. The van der Waals surface area contributed by atoms with E-state index in [1.807, 2.05) is 0 Å². The number of nitrogens with one attached hydrogen (secondary N) is 1. The normalized spacial score (nSPS) is 13.8. The SMILES string of the molecule is C=NCCCCC(CC(=O)O)NC(=O)C(CCS)CC(=O)CCC(N)OC=O. The lowest BCUT2D eigenvalue weighted by molar-refractivity contribution is -0.138. The number of aliphatic carboxylic acids is 1.